The number of aromatic nitrogens is 1. The van der Waals surface area contributed by atoms with Crippen molar-refractivity contribution in [2.45, 2.75) is 26.4 Å². The van der Waals surface area contributed by atoms with E-state index in [1.165, 1.54) is 10.6 Å². The number of carbonyl (C=O) groups excluding carboxylic acids is 1. The lowest BCUT2D eigenvalue weighted by molar-refractivity contribution is 0.000394. The number of hydrogen-bond donors (Lipinski definition) is 1. The number of nitrogens with one attached hydrogen (secondary N) is 1. The molecule has 2 rings (SSSR count). The van der Waals surface area contributed by atoms with Crippen LogP contribution in [0.4, 0.5) is 0 Å². The maximum Gasteiger partial charge on any atom is 0.273 e. The molecule has 0 unspecified atom stereocenters. The van der Waals surface area contributed by atoms with E-state index >= 15 is 0 Å². The van der Waals surface area contributed by atoms with E-state index in [1.807, 2.05) is 0 Å². The van der Waals surface area contributed by atoms with Crippen molar-refractivity contribution in [3.05, 3.63) is 17.5 Å². The first-order valence-electron chi connectivity index (χ1n) is 7.56. The standard InChI is InChI=1S/C14H23N3O5S/c1-10(2)6-11-7-13(16-22-11)14(18)15-8-12-9-17(4-5-21-12)23(3,19)20/h7,10,12H,4-6,8-9H2,1-3H3,(H,15,18)/t12-/m0/s1. The molecule has 1 aromatic rings. The largest absolute Gasteiger partial charge is 0.374 e. The van der Waals surface area contributed by atoms with Crippen LogP contribution in [0.5, 0.6) is 0 Å². The smallest absolute Gasteiger partial charge is 0.273 e. The van der Waals surface area contributed by atoms with E-state index in [4.69, 9.17) is 9.26 Å². The lowest BCUT2D eigenvalue weighted by Gasteiger charge is -2.31. The molecule has 1 aromatic heterocycles. The molecule has 1 saturated heterocycles. The number of rotatable bonds is 6. The van der Waals surface area contributed by atoms with Crippen LogP contribution in [0.3, 0.4) is 0 Å². The van der Waals surface area contributed by atoms with Gasteiger partial charge >= 0.3 is 0 Å². The minimum atomic E-state index is -3.24. The minimum Gasteiger partial charge on any atom is -0.374 e. The van der Waals surface area contributed by atoms with Crippen LogP contribution in [0.2, 0.25) is 0 Å². The van der Waals surface area contributed by atoms with Crippen LogP contribution in [0.1, 0.15) is 30.1 Å². The Kier molecular flexibility index (Phi) is 5.77. The van der Waals surface area contributed by atoms with Gasteiger partial charge < -0.3 is 14.6 Å². The molecule has 8 nitrogen and oxygen atoms in total. The van der Waals surface area contributed by atoms with E-state index in [2.05, 4.69) is 24.3 Å². The summed E-state index contributed by atoms with van der Waals surface area (Å²) in [5.41, 5.74) is 0.219. The average Bonchev–Trinajstić information content (AvgIpc) is 2.92. The van der Waals surface area contributed by atoms with Crippen molar-refractivity contribution < 1.29 is 22.5 Å². The minimum absolute atomic E-state index is 0.219. The first-order valence-corrected chi connectivity index (χ1v) is 9.41. The second-order valence-electron chi connectivity index (χ2n) is 6.10. The van der Waals surface area contributed by atoms with Crippen LogP contribution in [0.25, 0.3) is 0 Å². The highest BCUT2D eigenvalue weighted by Gasteiger charge is 2.27. The molecule has 0 radical (unpaired) electrons. The third-order valence-corrected chi connectivity index (χ3v) is 4.73. The molecule has 0 spiro atoms. The summed E-state index contributed by atoms with van der Waals surface area (Å²) < 4.78 is 35.0. The summed E-state index contributed by atoms with van der Waals surface area (Å²) in [6.45, 7) is 5.21. The molecule has 9 heteroatoms. The van der Waals surface area contributed by atoms with Gasteiger partial charge in [0.15, 0.2) is 5.69 Å². The zero-order chi connectivity index (χ0) is 17.0. The maximum atomic E-state index is 12.0. The van der Waals surface area contributed by atoms with Crippen LogP contribution >= 0.6 is 0 Å². The van der Waals surface area contributed by atoms with Crippen LogP contribution in [-0.2, 0) is 21.2 Å². The Hall–Kier alpha value is -1.45. The van der Waals surface area contributed by atoms with Crippen LogP contribution in [0.15, 0.2) is 10.6 Å². The van der Waals surface area contributed by atoms with Gasteiger partial charge in [0.05, 0.1) is 19.0 Å². The molecule has 1 aliphatic heterocycles. The monoisotopic (exact) mass is 345 g/mol. The van der Waals surface area contributed by atoms with E-state index < -0.39 is 10.0 Å². The Morgan fingerprint density at radius 3 is 2.91 bits per heavy atom. The highest BCUT2D eigenvalue weighted by molar-refractivity contribution is 7.88. The predicted octanol–water partition coefficient (Wildman–Crippen LogP) is 0.263. The Balaban J connectivity index is 1.85. The third-order valence-electron chi connectivity index (χ3n) is 3.46. The molecule has 1 fully saturated rings. The van der Waals surface area contributed by atoms with Gasteiger partial charge in [-0.1, -0.05) is 19.0 Å². The van der Waals surface area contributed by atoms with Crippen molar-refractivity contribution >= 4 is 15.9 Å². The maximum absolute atomic E-state index is 12.0. The number of sulfonamides is 1. The van der Waals surface area contributed by atoms with Crippen molar-refractivity contribution in [2.24, 2.45) is 5.92 Å². The molecule has 1 amide bonds. The van der Waals surface area contributed by atoms with Gasteiger partial charge in [-0.25, -0.2) is 8.42 Å². The fourth-order valence-electron chi connectivity index (χ4n) is 2.33. The van der Waals surface area contributed by atoms with Gasteiger partial charge in [-0.15, -0.1) is 0 Å². The Morgan fingerprint density at radius 1 is 1.52 bits per heavy atom. The van der Waals surface area contributed by atoms with Gasteiger partial charge in [0.1, 0.15) is 5.76 Å². The quantitative estimate of drug-likeness (QED) is 0.794. The summed E-state index contributed by atoms with van der Waals surface area (Å²) in [4.78, 5) is 12.0. The zero-order valence-electron chi connectivity index (χ0n) is 13.6. The highest BCUT2D eigenvalue weighted by atomic mass is 32.2. The van der Waals surface area contributed by atoms with Crippen LogP contribution in [0, 0.1) is 5.92 Å². The van der Waals surface area contributed by atoms with Crippen molar-refractivity contribution in [1.29, 1.82) is 0 Å². The number of amides is 1. The lowest BCUT2D eigenvalue weighted by atomic mass is 10.1. The number of morpholine rings is 1. The van der Waals surface area contributed by atoms with Gasteiger partial charge in [0.25, 0.3) is 5.91 Å². The fourth-order valence-corrected chi connectivity index (χ4v) is 3.18. The molecule has 0 saturated carbocycles. The molecule has 2 heterocycles. The molecule has 1 atom stereocenters. The summed E-state index contributed by atoms with van der Waals surface area (Å²) in [6, 6.07) is 1.62. The predicted molar refractivity (Wildman–Crippen MR) is 83.5 cm³/mol. The van der Waals surface area contributed by atoms with E-state index in [0.717, 1.165) is 6.42 Å². The molecular formula is C14H23N3O5S. The van der Waals surface area contributed by atoms with Crippen molar-refractivity contribution in [2.75, 3.05) is 32.5 Å². The summed E-state index contributed by atoms with van der Waals surface area (Å²) in [6.07, 6.45) is 1.51. The van der Waals surface area contributed by atoms with Gasteiger partial charge in [-0.2, -0.15) is 4.31 Å². The summed E-state index contributed by atoms with van der Waals surface area (Å²) in [7, 11) is -3.24. The number of nitrogens with zero attached hydrogens (tertiary/aromatic N) is 2. The molecule has 1 N–H and O–H groups in total. The van der Waals surface area contributed by atoms with Gasteiger partial charge in [-0.3, -0.25) is 4.79 Å². The van der Waals surface area contributed by atoms with Crippen molar-refractivity contribution in [3.8, 4) is 0 Å². The lowest BCUT2D eigenvalue weighted by Crippen LogP contribution is -2.49. The zero-order valence-corrected chi connectivity index (χ0v) is 14.4. The number of carbonyl (C=O) groups is 1. The topological polar surface area (TPSA) is 102 Å². The highest BCUT2D eigenvalue weighted by Crippen LogP contribution is 2.11. The molecule has 1 aliphatic rings. The normalized spacial score (nSPS) is 19.9. The van der Waals surface area contributed by atoms with Gasteiger partial charge in [0.2, 0.25) is 10.0 Å². The van der Waals surface area contributed by atoms with Crippen molar-refractivity contribution in [3.63, 3.8) is 0 Å². The van der Waals surface area contributed by atoms with Crippen molar-refractivity contribution in [1.82, 2.24) is 14.8 Å². The molecule has 0 bridgehead atoms. The van der Waals surface area contributed by atoms with E-state index in [9.17, 15) is 13.2 Å². The van der Waals surface area contributed by atoms with E-state index in [0.29, 0.717) is 24.8 Å². The third kappa shape index (κ3) is 5.29. The first-order chi connectivity index (χ1) is 10.8. The van der Waals surface area contributed by atoms with Gasteiger partial charge in [0, 0.05) is 32.1 Å². The molecule has 0 aromatic carbocycles. The summed E-state index contributed by atoms with van der Waals surface area (Å²) >= 11 is 0. The molecule has 130 valence electrons. The van der Waals surface area contributed by atoms with E-state index in [1.54, 1.807) is 6.07 Å². The Bertz CT molecular complexity index is 641. The average molecular weight is 345 g/mol. The molecule has 23 heavy (non-hydrogen) atoms. The van der Waals surface area contributed by atoms with E-state index in [-0.39, 0.29) is 30.8 Å². The molecule has 0 aliphatic carbocycles. The Labute approximate surface area is 136 Å². The molecular weight excluding hydrogens is 322 g/mol. The second-order valence-corrected chi connectivity index (χ2v) is 8.08. The fraction of sp³-hybridized carbons (Fsp3) is 0.714. The Morgan fingerprint density at radius 2 is 2.26 bits per heavy atom. The number of hydrogen-bond acceptors (Lipinski definition) is 6. The number of ether oxygens (including phenoxy) is 1. The first kappa shape index (κ1) is 17.9. The second kappa shape index (κ2) is 7.41. The van der Waals surface area contributed by atoms with Crippen LogP contribution in [-0.4, -0.2) is 62.4 Å². The summed E-state index contributed by atoms with van der Waals surface area (Å²) in [5.74, 6) is 0.725. The summed E-state index contributed by atoms with van der Waals surface area (Å²) in [5, 5.41) is 6.45. The SMILES string of the molecule is CC(C)Cc1cc(C(=O)NC[C@H]2CN(S(C)(=O)=O)CCO2)no1. The van der Waals surface area contributed by atoms with Crippen LogP contribution < -0.4 is 5.32 Å². The van der Waals surface area contributed by atoms with Gasteiger partial charge in [-0.05, 0) is 5.92 Å².